The fourth-order valence-corrected chi connectivity index (χ4v) is 3.69. The van der Waals surface area contributed by atoms with Gasteiger partial charge in [0.1, 0.15) is 4.32 Å². The van der Waals surface area contributed by atoms with E-state index in [1.54, 1.807) is 19.3 Å². The van der Waals surface area contributed by atoms with Crippen molar-refractivity contribution in [3.05, 3.63) is 28.7 Å². The molecule has 6 nitrogen and oxygen atoms in total. The topological polar surface area (TPSA) is 78.9 Å². The molecule has 0 N–H and O–H groups in total. The third-order valence-electron chi connectivity index (χ3n) is 3.69. The molecule has 0 saturated carbocycles. The van der Waals surface area contributed by atoms with Crippen LogP contribution >= 0.6 is 24.0 Å². The van der Waals surface area contributed by atoms with Gasteiger partial charge in [-0.3, -0.25) is 9.69 Å². The summed E-state index contributed by atoms with van der Waals surface area (Å²) in [4.78, 5) is 25.0. The highest BCUT2D eigenvalue weighted by Crippen LogP contribution is 2.35. The largest absolute Gasteiger partial charge is 0.550 e. The van der Waals surface area contributed by atoms with E-state index in [1.165, 1.54) is 16.7 Å². The van der Waals surface area contributed by atoms with Crippen LogP contribution < -0.4 is 14.6 Å². The van der Waals surface area contributed by atoms with Crippen LogP contribution in [0.5, 0.6) is 11.5 Å². The minimum Gasteiger partial charge on any atom is -0.550 e. The summed E-state index contributed by atoms with van der Waals surface area (Å²) in [5.74, 6) is 0.259. The van der Waals surface area contributed by atoms with E-state index < -0.39 is 5.97 Å². The first-order chi connectivity index (χ1) is 12.8. The second-order valence-corrected chi connectivity index (χ2v) is 8.10. The van der Waals surface area contributed by atoms with Gasteiger partial charge in [0.05, 0.1) is 18.6 Å². The van der Waals surface area contributed by atoms with Gasteiger partial charge < -0.3 is 19.4 Å². The molecule has 1 fully saturated rings. The van der Waals surface area contributed by atoms with Crippen molar-refractivity contribution in [3.8, 4) is 11.5 Å². The first-order valence-electron chi connectivity index (χ1n) is 8.58. The van der Waals surface area contributed by atoms with E-state index in [9.17, 15) is 14.7 Å². The van der Waals surface area contributed by atoms with E-state index in [2.05, 4.69) is 13.8 Å². The Labute approximate surface area is 168 Å². The molecule has 1 saturated heterocycles. The minimum absolute atomic E-state index is 0.106. The molecule has 0 radical (unpaired) electrons. The smallest absolute Gasteiger partial charge is 0.266 e. The molecule has 0 atom stereocenters. The zero-order valence-corrected chi connectivity index (χ0v) is 17.2. The molecule has 1 aromatic rings. The number of methoxy groups -OCH3 is 1. The molecule has 2 rings (SSSR count). The number of hydrogen-bond donors (Lipinski definition) is 0. The third-order valence-corrected chi connectivity index (χ3v) is 5.07. The van der Waals surface area contributed by atoms with Crippen molar-refractivity contribution in [3.63, 3.8) is 0 Å². The fourth-order valence-electron chi connectivity index (χ4n) is 2.38. The SMILES string of the molecule is COc1ccc(/C=C2\SC(=S)N(CCCC(=O)[O-])C2=O)cc1OCC(C)C. The van der Waals surface area contributed by atoms with Gasteiger partial charge in [-0.05, 0) is 42.5 Å². The summed E-state index contributed by atoms with van der Waals surface area (Å²) in [5.41, 5.74) is 0.796. The van der Waals surface area contributed by atoms with Gasteiger partial charge in [0.25, 0.3) is 5.91 Å². The molecule has 0 aliphatic carbocycles. The van der Waals surface area contributed by atoms with E-state index in [-0.39, 0.29) is 18.9 Å². The lowest BCUT2D eigenvalue weighted by atomic mass is 10.1. The molecule has 1 aliphatic rings. The Morgan fingerprint density at radius 3 is 2.74 bits per heavy atom. The molecule has 1 aromatic carbocycles. The van der Waals surface area contributed by atoms with Gasteiger partial charge in [-0.25, -0.2) is 0 Å². The van der Waals surface area contributed by atoms with Crippen LogP contribution in [0.4, 0.5) is 0 Å². The van der Waals surface area contributed by atoms with Crippen LogP contribution in [0.2, 0.25) is 0 Å². The average molecular weight is 409 g/mol. The van der Waals surface area contributed by atoms with E-state index in [4.69, 9.17) is 21.7 Å². The van der Waals surface area contributed by atoms with Crippen molar-refractivity contribution in [1.29, 1.82) is 0 Å². The number of benzene rings is 1. The Kier molecular flexibility index (Phi) is 7.67. The number of rotatable bonds is 9. The predicted octanol–water partition coefficient (Wildman–Crippen LogP) is 2.46. The number of ether oxygens (including phenoxy) is 2. The van der Waals surface area contributed by atoms with E-state index in [0.717, 1.165) is 5.56 Å². The summed E-state index contributed by atoms with van der Waals surface area (Å²) < 4.78 is 11.5. The summed E-state index contributed by atoms with van der Waals surface area (Å²) in [7, 11) is 1.58. The predicted molar refractivity (Wildman–Crippen MR) is 107 cm³/mol. The van der Waals surface area contributed by atoms with E-state index in [0.29, 0.717) is 39.7 Å². The summed E-state index contributed by atoms with van der Waals surface area (Å²) in [5, 5.41) is 10.5. The zero-order chi connectivity index (χ0) is 20.0. The number of carbonyl (C=O) groups excluding carboxylic acids is 2. The highest BCUT2D eigenvalue weighted by Gasteiger charge is 2.31. The molecule has 0 unspecified atom stereocenters. The minimum atomic E-state index is -1.14. The van der Waals surface area contributed by atoms with Gasteiger partial charge in [-0.1, -0.05) is 43.9 Å². The van der Waals surface area contributed by atoms with Gasteiger partial charge >= 0.3 is 0 Å². The number of thiocarbonyl (C=S) groups is 1. The van der Waals surface area contributed by atoms with Crippen LogP contribution in [0.1, 0.15) is 32.3 Å². The van der Waals surface area contributed by atoms with Crippen LogP contribution in [-0.2, 0) is 9.59 Å². The first-order valence-corrected chi connectivity index (χ1v) is 9.80. The van der Waals surface area contributed by atoms with Gasteiger partial charge in [0.2, 0.25) is 0 Å². The van der Waals surface area contributed by atoms with E-state index in [1.807, 2.05) is 12.1 Å². The summed E-state index contributed by atoms with van der Waals surface area (Å²) in [6, 6.07) is 5.45. The number of amides is 1. The number of nitrogens with zero attached hydrogens (tertiary/aromatic N) is 1. The van der Waals surface area contributed by atoms with Crippen LogP contribution in [0, 0.1) is 5.92 Å². The van der Waals surface area contributed by atoms with Crippen molar-refractivity contribution in [2.24, 2.45) is 5.92 Å². The lowest BCUT2D eigenvalue weighted by Gasteiger charge is -2.14. The van der Waals surface area contributed by atoms with Gasteiger partial charge in [0, 0.05) is 12.5 Å². The molecular formula is C19H22NO5S2-. The maximum atomic E-state index is 12.5. The molecule has 1 heterocycles. The molecule has 146 valence electrons. The number of aliphatic carboxylic acids is 1. The van der Waals surface area contributed by atoms with Crippen LogP contribution in [0.3, 0.4) is 0 Å². The lowest BCUT2D eigenvalue weighted by Crippen LogP contribution is -2.30. The maximum Gasteiger partial charge on any atom is 0.266 e. The Balaban J connectivity index is 2.15. The summed E-state index contributed by atoms with van der Waals surface area (Å²) >= 11 is 6.45. The summed E-state index contributed by atoms with van der Waals surface area (Å²) in [6.45, 7) is 4.94. The summed E-state index contributed by atoms with van der Waals surface area (Å²) in [6.07, 6.45) is 1.95. The lowest BCUT2D eigenvalue weighted by molar-refractivity contribution is -0.305. The number of carbonyl (C=O) groups is 2. The molecule has 0 bridgehead atoms. The Bertz CT molecular complexity index is 760. The Hall–Kier alpha value is -2.06. The molecule has 1 aliphatic heterocycles. The third kappa shape index (κ3) is 5.97. The van der Waals surface area contributed by atoms with Crippen molar-refractivity contribution >= 4 is 46.3 Å². The Morgan fingerprint density at radius 1 is 1.37 bits per heavy atom. The molecular weight excluding hydrogens is 386 g/mol. The highest BCUT2D eigenvalue weighted by molar-refractivity contribution is 8.26. The average Bonchev–Trinajstić information content (AvgIpc) is 2.87. The van der Waals surface area contributed by atoms with Crippen molar-refractivity contribution in [2.75, 3.05) is 20.3 Å². The van der Waals surface area contributed by atoms with Gasteiger partial charge in [0.15, 0.2) is 11.5 Å². The van der Waals surface area contributed by atoms with E-state index >= 15 is 0 Å². The second kappa shape index (κ2) is 9.75. The maximum absolute atomic E-state index is 12.5. The monoisotopic (exact) mass is 408 g/mol. The van der Waals surface area contributed by atoms with Gasteiger partial charge in [-0.15, -0.1) is 0 Å². The van der Waals surface area contributed by atoms with Crippen LogP contribution in [-0.4, -0.2) is 41.4 Å². The second-order valence-electron chi connectivity index (χ2n) is 6.42. The molecule has 0 spiro atoms. The molecule has 8 heteroatoms. The van der Waals surface area contributed by atoms with Gasteiger partial charge in [-0.2, -0.15) is 0 Å². The van der Waals surface area contributed by atoms with Crippen LogP contribution in [0.25, 0.3) is 6.08 Å². The Morgan fingerprint density at radius 2 is 2.11 bits per heavy atom. The highest BCUT2D eigenvalue weighted by atomic mass is 32.2. The van der Waals surface area contributed by atoms with Crippen molar-refractivity contribution < 1.29 is 24.2 Å². The van der Waals surface area contributed by atoms with Crippen LogP contribution in [0.15, 0.2) is 23.1 Å². The number of hydrogen-bond acceptors (Lipinski definition) is 7. The molecule has 27 heavy (non-hydrogen) atoms. The number of carboxylic acids is 1. The van der Waals surface area contributed by atoms with Crippen molar-refractivity contribution in [1.82, 2.24) is 4.90 Å². The fraction of sp³-hybridized carbons (Fsp3) is 0.421. The molecule has 0 aromatic heterocycles. The zero-order valence-electron chi connectivity index (χ0n) is 15.5. The standard InChI is InChI=1S/C19H23NO5S2/c1-12(2)11-25-15-9-13(6-7-14(15)24-3)10-16-18(23)20(19(26)27-16)8-4-5-17(21)22/h6-7,9-10,12H,4-5,8,11H2,1-3H3,(H,21,22)/p-1/b16-10-. The quantitative estimate of drug-likeness (QED) is 0.459. The number of thioether (sulfide) groups is 1. The first kappa shape index (κ1) is 21.2. The normalized spacial score (nSPS) is 15.7. The van der Waals surface area contributed by atoms with Crippen molar-refractivity contribution in [2.45, 2.75) is 26.7 Å². The number of carboxylic acid groups (broad SMARTS) is 1. The molecule has 1 amide bonds.